The van der Waals surface area contributed by atoms with Gasteiger partial charge in [-0.3, -0.25) is 4.90 Å². The minimum Gasteiger partial charge on any atom is -0.450 e. The van der Waals surface area contributed by atoms with E-state index in [0.29, 0.717) is 25.5 Å². The van der Waals surface area contributed by atoms with Gasteiger partial charge >= 0.3 is 6.09 Å². The van der Waals surface area contributed by atoms with Gasteiger partial charge in [-0.1, -0.05) is 0 Å². The minimum atomic E-state index is -0.411. The molecule has 2 fully saturated rings. The number of piperidine rings is 1. The molecule has 0 aromatic heterocycles. The van der Waals surface area contributed by atoms with Gasteiger partial charge in [-0.25, -0.2) is 4.79 Å². The molecule has 0 spiro atoms. The van der Waals surface area contributed by atoms with Gasteiger partial charge in [-0.15, -0.1) is 0 Å². The van der Waals surface area contributed by atoms with E-state index in [1.165, 1.54) is 0 Å². The second-order valence-electron chi connectivity index (χ2n) is 4.70. The zero-order chi connectivity index (χ0) is 11.7. The van der Waals surface area contributed by atoms with Crippen molar-refractivity contribution in [2.75, 3.05) is 13.2 Å². The molecule has 1 amide bonds. The van der Waals surface area contributed by atoms with Gasteiger partial charge in [0, 0.05) is 6.04 Å². The molecule has 0 aromatic carbocycles. The fraction of sp³-hybridized carbons (Fsp3) is 0.909. The summed E-state index contributed by atoms with van der Waals surface area (Å²) in [7, 11) is 0. The van der Waals surface area contributed by atoms with Gasteiger partial charge in [0.25, 0.3) is 0 Å². The van der Waals surface area contributed by atoms with E-state index in [2.05, 4.69) is 0 Å². The molecule has 3 N–H and O–H groups in total. The molecule has 2 rings (SSSR count). The molecule has 2 aliphatic rings. The number of nitrogens with two attached hydrogens (primary N) is 1. The number of ether oxygens (including phenoxy) is 1. The number of nitrogens with zero attached hydrogens (tertiary/aromatic N) is 1. The maximum atomic E-state index is 11.8. The highest BCUT2D eigenvalue weighted by molar-refractivity contribution is 5.69. The molecule has 5 heteroatoms. The van der Waals surface area contributed by atoms with Crippen LogP contribution in [-0.4, -0.2) is 47.4 Å². The van der Waals surface area contributed by atoms with Crippen molar-refractivity contribution in [1.29, 1.82) is 0 Å². The molecule has 0 saturated carbocycles. The number of aliphatic hydroxyl groups is 1. The summed E-state index contributed by atoms with van der Waals surface area (Å²) in [6, 6.07) is 0.0210. The van der Waals surface area contributed by atoms with E-state index in [1.54, 1.807) is 11.8 Å². The Labute approximate surface area is 95.5 Å². The van der Waals surface area contributed by atoms with E-state index in [9.17, 15) is 9.90 Å². The van der Waals surface area contributed by atoms with E-state index in [-0.39, 0.29) is 18.2 Å². The summed E-state index contributed by atoms with van der Waals surface area (Å²) in [6.45, 7) is 2.81. The summed E-state index contributed by atoms with van der Waals surface area (Å²) in [5.41, 5.74) is 5.66. The van der Waals surface area contributed by atoms with Crippen LogP contribution in [0.2, 0.25) is 0 Å². The van der Waals surface area contributed by atoms with Crippen molar-refractivity contribution < 1.29 is 14.6 Å². The molecule has 0 aliphatic carbocycles. The third-order valence-corrected chi connectivity index (χ3v) is 3.70. The van der Waals surface area contributed by atoms with Crippen LogP contribution in [0, 0.1) is 5.92 Å². The molecule has 3 unspecified atom stereocenters. The Kier molecular flexibility index (Phi) is 3.35. The summed E-state index contributed by atoms with van der Waals surface area (Å²) < 4.78 is 5.02. The van der Waals surface area contributed by atoms with Gasteiger partial charge in [-0.05, 0) is 38.6 Å². The van der Waals surface area contributed by atoms with Crippen molar-refractivity contribution in [2.24, 2.45) is 11.7 Å². The molecule has 0 aromatic rings. The van der Waals surface area contributed by atoms with Crippen molar-refractivity contribution in [3.05, 3.63) is 0 Å². The smallest absolute Gasteiger partial charge is 0.410 e. The van der Waals surface area contributed by atoms with Crippen LogP contribution in [-0.2, 0) is 4.74 Å². The molecule has 5 nitrogen and oxygen atoms in total. The van der Waals surface area contributed by atoms with Crippen LogP contribution in [0.15, 0.2) is 0 Å². The lowest BCUT2D eigenvalue weighted by atomic mass is 9.91. The van der Waals surface area contributed by atoms with E-state index in [0.717, 1.165) is 12.8 Å². The molecule has 2 saturated heterocycles. The number of fused-ring (bicyclic) bond motifs is 2. The minimum absolute atomic E-state index is 0.0913. The lowest BCUT2D eigenvalue weighted by molar-refractivity contribution is 0.0419. The monoisotopic (exact) mass is 228 g/mol. The Morgan fingerprint density at radius 2 is 2.25 bits per heavy atom. The molecular formula is C11H20N2O3. The highest BCUT2D eigenvalue weighted by Crippen LogP contribution is 2.38. The summed E-state index contributed by atoms with van der Waals surface area (Å²) >= 11 is 0. The van der Waals surface area contributed by atoms with Crippen LogP contribution in [0.3, 0.4) is 0 Å². The van der Waals surface area contributed by atoms with Crippen molar-refractivity contribution in [2.45, 2.75) is 44.4 Å². The van der Waals surface area contributed by atoms with E-state index in [4.69, 9.17) is 10.5 Å². The van der Waals surface area contributed by atoms with Crippen molar-refractivity contribution in [3.8, 4) is 0 Å². The average molecular weight is 228 g/mol. The Balaban J connectivity index is 2.08. The van der Waals surface area contributed by atoms with E-state index >= 15 is 0 Å². The zero-order valence-electron chi connectivity index (χ0n) is 9.63. The Hall–Kier alpha value is -0.810. The normalized spacial score (nSPS) is 37.6. The number of aliphatic hydroxyl groups excluding tert-OH is 1. The topological polar surface area (TPSA) is 75.8 Å². The van der Waals surface area contributed by atoms with Crippen LogP contribution in [0.1, 0.15) is 26.2 Å². The van der Waals surface area contributed by atoms with Crippen LogP contribution in [0.4, 0.5) is 4.79 Å². The predicted molar refractivity (Wildman–Crippen MR) is 58.8 cm³/mol. The number of carbonyl (C=O) groups is 1. The van der Waals surface area contributed by atoms with Gasteiger partial charge < -0.3 is 15.6 Å². The molecule has 2 heterocycles. The summed E-state index contributed by atoms with van der Waals surface area (Å²) in [4.78, 5) is 13.5. The molecule has 4 atom stereocenters. The number of rotatable bonds is 2. The van der Waals surface area contributed by atoms with Gasteiger partial charge in [0.05, 0.1) is 18.8 Å². The van der Waals surface area contributed by atoms with Gasteiger partial charge in [0.2, 0.25) is 0 Å². The highest BCUT2D eigenvalue weighted by Gasteiger charge is 2.48. The fourth-order valence-electron chi connectivity index (χ4n) is 2.98. The molecule has 0 radical (unpaired) electrons. The molecular weight excluding hydrogens is 208 g/mol. The van der Waals surface area contributed by atoms with Crippen LogP contribution in [0.25, 0.3) is 0 Å². The number of amides is 1. The van der Waals surface area contributed by atoms with E-state index in [1.807, 2.05) is 0 Å². The van der Waals surface area contributed by atoms with Gasteiger partial charge in [0.15, 0.2) is 0 Å². The van der Waals surface area contributed by atoms with Crippen LogP contribution < -0.4 is 5.73 Å². The standard InChI is InChI=1S/C11H20N2O3/c1-2-16-11(15)13-8-3-7(6-12)4-9(13)10(14)5-8/h7-10,14H,2-6,12H2,1H3/t7?,8?,9?,10-/m1/s1. The Morgan fingerprint density at radius 1 is 1.50 bits per heavy atom. The first-order chi connectivity index (χ1) is 7.67. The first-order valence-corrected chi connectivity index (χ1v) is 6.00. The summed E-state index contributed by atoms with van der Waals surface area (Å²) in [5, 5.41) is 9.91. The molecule has 2 bridgehead atoms. The number of hydrogen-bond donors (Lipinski definition) is 2. The first kappa shape index (κ1) is 11.7. The highest BCUT2D eigenvalue weighted by atomic mass is 16.6. The Morgan fingerprint density at radius 3 is 2.81 bits per heavy atom. The van der Waals surface area contributed by atoms with Crippen LogP contribution >= 0.6 is 0 Å². The second kappa shape index (κ2) is 4.59. The predicted octanol–water partition coefficient (Wildman–Crippen LogP) is 0.315. The third-order valence-electron chi connectivity index (χ3n) is 3.70. The average Bonchev–Trinajstić information content (AvgIpc) is 2.46. The number of hydrogen-bond acceptors (Lipinski definition) is 4. The molecule has 16 heavy (non-hydrogen) atoms. The quantitative estimate of drug-likeness (QED) is 0.713. The van der Waals surface area contributed by atoms with Gasteiger partial charge in [-0.2, -0.15) is 0 Å². The van der Waals surface area contributed by atoms with E-state index < -0.39 is 6.10 Å². The Bertz CT molecular complexity index is 272. The lowest BCUT2D eigenvalue weighted by Crippen LogP contribution is -2.49. The maximum absolute atomic E-state index is 11.8. The molecule has 2 aliphatic heterocycles. The lowest BCUT2D eigenvalue weighted by Gasteiger charge is -2.37. The van der Waals surface area contributed by atoms with Crippen molar-refractivity contribution in [1.82, 2.24) is 4.90 Å². The summed E-state index contributed by atoms with van der Waals surface area (Å²) in [5.74, 6) is 0.429. The van der Waals surface area contributed by atoms with Crippen molar-refractivity contribution in [3.63, 3.8) is 0 Å². The summed E-state index contributed by atoms with van der Waals surface area (Å²) in [6.07, 6.45) is 1.66. The fourth-order valence-corrected chi connectivity index (χ4v) is 2.98. The SMILES string of the molecule is CCOC(=O)N1C2CC(CN)CC1[C@H](O)C2. The second-order valence-corrected chi connectivity index (χ2v) is 4.70. The first-order valence-electron chi connectivity index (χ1n) is 6.00. The number of carbonyl (C=O) groups excluding carboxylic acids is 1. The van der Waals surface area contributed by atoms with Gasteiger partial charge in [0.1, 0.15) is 0 Å². The zero-order valence-corrected chi connectivity index (χ0v) is 9.63. The third kappa shape index (κ3) is 1.89. The van der Waals surface area contributed by atoms with Crippen molar-refractivity contribution >= 4 is 6.09 Å². The largest absolute Gasteiger partial charge is 0.450 e. The maximum Gasteiger partial charge on any atom is 0.410 e. The van der Waals surface area contributed by atoms with Crippen LogP contribution in [0.5, 0.6) is 0 Å². The molecule has 92 valence electrons.